The van der Waals surface area contributed by atoms with Gasteiger partial charge in [0.1, 0.15) is 5.82 Å². The van der Waals surface area contributed by atoms with E-state index in [0.717, 1.165) is 9.80 Å². The maximum atomic E-state index is 12.1. The highest BCUT2D eigenvalue weighted by molar-refractivity contribution is 5.99. The lowest BCUT2D eigenvalue weighted by atomic mass is 9.82. The third kappa shape index (κ3) is 3.41. The molecule has 0 unspecified atom stereocenters. The van der Waals surface area contributed by atoms with E-state index in [4.69, 9.17) is 0 Å². The van der Waals surface area contributed by atoms with E-state index in [1.807, 2.05) is 4.90 Å². The summed E-state index contributed by atoms with van der Waals surface area (Å²) in [6, 6.07) is 1.73. The van der Waals surface area contributed by atoms with Crippen molar-refractivity contribution in [2.24, 2.45) is 0 Å². The van der Waals surface area contributed by atoms with E-state index in [2.05, 4.69) is 4.98 Å². The van der Waals surface area contributed by atoms with E-state index < -0.39 is 36.3 Å². The molecule has 4 N–H and O–H groups in total. The highest BCUT2D eigenvalue weighted by Crippen LogP contribution is 2.38. The molecule has 2 amide bonds. The van der Waals surface area contributed by atoms with Crippen molar-refractivity contribution in [1.29, 1.82) is 0 Å². The molecular weight excluding hydrogens is 396 g/mol. The Morgan fingerprint density at radius 2 is 1.80 bits per heavy atom. The molecular formula is C19H22N4O7. The Labute approximate surface area is 171 Å². The molecule has 160 valence electrons. The number of fused-ring (bicyclic) bond motifs is 2. The third-order valence-electron chi connectivity index (χ3n) is 5.96. The van der Waals surface area contributed by atoms with E-state index in [1.165, 1.54) is 0 Å². The normalized spacial score (nSPS) is 26.2. The molecule has 2 bridgehead atoms. The number of amides is 2. The number of nitrogens with zero attached hydrogens (tertiary/aromatic N) is 4. The number of rotatable bonds is 3. The summed E-state index contributed by atoms with van der Waals surface area (Å²) in [6.45, 7) is 0.906. The molecule has 3 aliphatic rings. The lowest BCUT2D eigenvalue weighted by Crippen LogP contribution is -2.64. The smallest absolute Gasteiger partial charge is 0.408 e. The number of aliphatic carboxylic acids is 1. The van der Waals surface area contributed by atoms with Crippen LogP contribution in [0.3, 0.4) is 0 Å². The summed E-state index contributed by atoms with van der Waals surface area (Å²) >= 11 is 0. The average molecular weight is 418 g/mol. The number of carboxylic acid groups (broad SMARTS) is 3. The second-order valence-electron chi connectivity index (χ2n) is 7.74. The van der Waals surface area contributed by atoms with Crippen molar-refractivity contribution in [3.05, 3.63) is 29.5 Å². The van der Waals surface area contributed by atoms with Gasteiger partial charge in [0.2, 0.25) is 0 Å². The van der Waals surface area contributed by atoms with Crippen LogP contribution in [0.4, 0.5) is 15.4 Å². The van der Waals surface area contributed by atoms with Crippen LogP contribution in [-0.2, 0) is 4.79 Å². The second-order valence-corrected chi connectivity index (χ2v) is 7.74. The number of anilines is 1. The van der Waals surface area contributed by atoms with Gasteiger partial charge in [-0.15, -0.1) is 0 Å². The zero-order valence-corrected chi connectivity index (χ0v) is 16.0. The Bertz CT molecular complexity index is 916. The number of hydrogen-bond acceptors (Lipinski definition) is 6. The molecule has 0 aliphatic carbocycles. The predicted octanol–water partition coefficient (Wildman–Crippen LogP) is 0.605. The van der Waals surface area contributed by atoms with Crippen LogP contribution in [0.15, 0.2) is 23.9 Å². The quantitative estimate of drug-likeness (QED) is 0.552. The summed E-state index contributed by atoms with van der Waals surface area (Å²) in [4.78, 5) is 43.8. The fraction of sp³-hybridized carbons (Fsp3) is 0.474. The maximum absolute atomic E-state index is 12.1. The first-order chi connectivity index (χ1) is 14.3. The molecule has 0 spiro atoms. The van der Waals surface area contributed by atoms with E-state index in [0.29, 0.717) is 36.5 Å². The van der Waals surface area contributed by atoms with Crippen molar-refractivity contribution >= 4 is 29.5 Å². The number of piperazine rings is 1. The van der Waals surface area contributed by atoms with E-state index >= 15 is 0 Å². The number of carbonyl (C=O) groups is 3. The molecule has 0 saturated carbocycles. The fourth-order valence-electron chi connectivity index (χ4n) is 4.60. The van der Waals surface area contributed by atoms with E-state index in [1.54, 1.807) is 18.3 Å². The van der Waals surface area contributed by atoms with Gasteiger partial charge in [-0.3, -0.25) is 4.90 Å². The van der Waals surface area contributed by atoms with Crippen LogP contribution >= 0.6 is 0 Å². The first-order valence-electron chi connectivity index (χ1n) is 9.61. The summed E-state index contributed by atoms with van der Waals surface area (Å²) in [5, 5.41) is 38.5. The van der Waals surface area contributed by atoms with Crippen molar-refractivity contribution < 1.29 is 34.8 Å². The summed E-state index contributed by atoms with van der Waals surface area (Å²) < 4.78 is 0. The number of aliphatic hydroxyl groups excluding tert-OH is 1. The maximum Gasteiger partial charge on any atom is 0.408 e. The van der Waals surface area contributed by atoms with Crippen LogP contribution in [-0.4, -0.2) is 97.7 Å². The van der Waals surface area contributed by atoms with Crippen LogP contribution in [0.5, 0.6) is 0 Å². The molecule has 0 radical (unpaired) electrons. The lowest BCUT2D eigenvalue weighted by molar-refractivity contribution is -0.133. The van der Waals surface area contributed by atoms with Crippen molar-refractivity contribution in [1.82, 2.24) is 14.8 Å². The largest absolute Gasteiger partial charge is 0.478 e. The number of β-amino-alcohol motifs (C(OH)–C–C–N with tert-alkyl or cyclic N) is 1. The van der Waals surface area contributed by atoms with E-state index in [-0.39, 0.29) is 25.1 Å². The van der Waals surface area contributed by atoms with Gasteiger partial charge < -0.3 is 30.2 Å². The standard InChI is InChI=1S/C19H22N4O7/c24-12-3-4-21(8-12)15-2-1-10(6-20-15)13-5-11-7-22(18(27)28)9-14(16(13)17(25)26)23(11)19(29)30/h1-2,6,11-12,14,24H,3-5,7-9H2,(H,25,26)(H,27,28)(H,29,30)/t11-,12+,14-/m1/s1. The third-order valence-corrected chi connectivity index (χ3v) is 5.96. The first-order valence-corrected chi connectivity index (χ1v) is 9.61. The Balaban J connectivity index is 1.71. The minimum absolute atomic E-state index is 0.0221. The summed E-state index contributed by atoms with van der Waals surface area (Å²) in [6.07, 6.45) is -0.579. The van der Waals surface area contributed by atoms with Crippen molar-refractivity contribution in [2.75, 3.05) is 31.1 Å². The minimum Gasteiger partial charge on any atom is -0.478 e. The van der Waals surface area contributed by atoms with Gasteiger partial charge in [0, 0.05) is 32.4 Å². The van der Waals surface area contributed by atoms with E-state index in [9.17, 15) is 34.8 Å². The number of aliphatic hydroxyl groups is 1. The molecule has 4 heterocycles. The van der Waals surface area contributed by atoms with Crippen LogP contribution in [0.1, 0.15) is 18.4 Å². The minimum atomic E-state index is -1.28. The Kier molecular flexibility index (Phi) is 4.98. The molecule has 1 aromatic heterocycles. The summed E-state index contributed by atoms with van der Waals surface area (Å²) in [5.74, 6) is -0.605. The molecule has 4 rings (SSSR count). The highest BCUT2D eigenvalue weighted by atomic mass is 16.4. The van der Waals surface area contributed by atoms with Crippen LogP contribution in [0.25, 0.3) is 5.57 Å². The second kappa shape index (κ2) is 7.48. The molecule has 11 nitrogen and oxygen atoms in total. The monoisotopic (exact) mass is 418 g/mol. The molecule has 2 fully saturated rings. The molecule has 30 heavy (non-hydrogen) atoms. The number of pyridine rings is 1. The average Bonchev–Trinajstić information content (AvgIpc) is 3.12. The van der Waals surface area contributed by atoms with Gasteiger partial charge in [-0.2, -0.15) is 0 Å². The van der Waals surface area contributed by atoms with Crippen molar-refractivity contribution in [3.63, 3.8) is 0 Å². The predicted molar refractivity (Wildman–Crippen MR) is 103 cm³/mol. The van der Waals surface area contributed by atoms with Gasteiger partial charge >= 0.3 is 18.2 Å². The van der Waals surface area contributed by atoms with Crippen LogP contribution in [0.2, 0.25) is 0 Å². The number of carboxylic acids is 1. The molecule has 3 aliphatic heterocycles. The first kappa shape index (κ1) is 20.0. The topological polar surface area (TPSA) is 155 Å². The highest BCUT2D eigenvalue weighted by Gasteiger charge is 2.47. The summed E-state index contributed by atoms with van der Waals surface area (Å²) in [5.41, 5.74) is 0.922. The van der Waals surface area contributed by atoms with Crippen molar-refractivity contribution in [3.8, 4) is 0 Å². The zero-order chi connectivity index (χ0) is 21.6. The van der Waals surface area contributed by atoms with Gasteiger partial charge in [0.05, 0.1) is 23.8 Å². The number of hydrogen-bond donors (Lipinski definition) is 4. The SMILES string of the molecule is O=C(O)C1=C(c2ccc(N3CC[C@H](O)C3)nc2)C[C@@H]2CN(C(=O)O)C[C@H]1N2C(=O)O. The van der Waals surface area contributed by atoms with Gasteiger partial charge in [-0.1, -0.05) is 0 Å². The Morgan fingerprint density at radius 1 is 1.03 bits per heavy atom. The van der Waals surface area contributed by atoms with Crippen LogP contribution in [0, 0.1) is 0 Å². The van der Waals surface area contributed by atoms with Gasteiger partial charge in [0.25, 0.3) is 0 Å². The van der Waals surface area contributed by atoms with Crippen molar-refractivity contribution in [2.45, 2.75) is 31.0 Å². The Morgan fingerprint density at radius 3 is 2.33 bits per heavy atom. The molecule has 0 aromatic carbocycles. The summed E-state index contributed by atoms with van der Waals surface area (Å²) in [7, 11) is 0. The molecule has 3 atom stereocenters. The number of aromatic nitrogens is 1. The van der Waals surface area contributed by atoms with Gasteiger partial charge in [-0.25, -0.2) is 19.4 Å². The van der Waals surface area contributed by atoms with Crippen LogP contribution < -0.4 is 4.90 Å². The lowest BCUT2D eigenvalue weighted by Gasteiger charge is -2.48. The zero-order valence-electron chi connectivity index (χ0n) is 16.0. The van der Waals surface area contributed by atoms with Gasteiger partial charge in [0.15, 0.2) is 0 Å². The molecule has 2 saturated heterocycles. The fourth-order valence-corrected chi connectivity index (χ4v) is 4.60. The molecule has 11 heteroatoms. The van der Waals surface area contributed by atoms with Gasteiger partial charge in [-0.05, 0) is 36.1 Å². The molecule has 1 aromatic rings. The Hall–Kier alpha value is -3.34.